The molecule has 0 unspecified atom stereocenters. The number of rotatable bonds is 6. The van der Waals surface area contributed by atoms with Crippen molar-refractivity contribution in [2.24, 2.45) is 5.73 Å². The second kappa shape index (κ2) is 6.70. The smallest absolute Gasteiger partial charge is 0.241 e. The second-order valence-electron chi connectivity index (χ2n) is 4.34. The molecule has 5 nitrogen and oxygen atoms in total. The van der Waals surface area contributed by atoms with Gasteiger partial charge in [-0.05, 0) is 30.2 Å². The van der Waals surface area contributed by atoms with Crippen LogP contribution in [0.5, 0.6) is 0 Å². The Morgan fingerprint density at radius 2 is 2.00 bits per heavy atom. The number of aromatic nitrogens is 2. The fourth-order valence-corrected chi connectivity index (χ4v) is 1.79. The van der Waals surface area contributed by atoms with Gasteiger partial charge in [0.25, 0.3) is 0 Å². The maximum atomic E-state index is 11.7. The highest BCUT2D eigenvalue weighted by atomic mass is 16.2. The molecule has 0 aliphatic rings. The predicted molar refractivity (Wildman–Crippen MR) is 73.3 cm³/mol. The maximum Gasteiger partial charge on any atom is 0.241 e. The minimum absolute atomic E-state index is 0.0465. The lowest BCUT2D eigenvalue weighted by Crippen LogP contribution is -2.27. The van der Waals surface area contributed by atoms with Crippen LogP contribution in [0.4, 0.5) is 0 Å². The van der Waals surface area contributed by atoms with E-state index in [1.54, 1.807) is 23.1 Å². The number of carbonyl (C=O) groups excluding carboxylic acids is 1. The van der Waals surface area contributed by atoms with Crippen LogP contribution in [0.25, 0.3) is 0 Å². The van der Waals surface area contributed by atoms with E-state index >= 15 is 0 Å². The Morgan fingerprint density at radius 3 is 2.63 bits per heavy atom. The Balaban J connectivity index is 1.79. The van der Waals surface area contributed by atoms with Crippen molar-refractivity contribution in [2.45, 2.75) is 19.5 Å². The Hall–Kier alpha value is -2.14. The fourth-order valence-electron chi connectivity index (χ4n) is 1.79. The van der Waals surface area contributed by atoms with E-state index in [1.807, 2.05) is 24.3 Å². The third-order valence-corrected chi connectivity index (χ3v) is 2.81. The number of benzene rings is 1. The molecule has 0 spiro atoms. The minimum atomic E-state index is -0.0465. The van der Waals surface area contributed by atoms with Crippen LogP contribution in [0.15, 0.2) is 42.7 Å². The van der Waals surface area contributed by atoms with Crippen molar-refractivity contribution in [2.75, 3.05) is 6.54 Å². The van der Waals surface area contributed by atoms with Crippen LogP contribution < -0.4 is 11.1 Å². The van der Waals surface area contributed by atoms with E-state index < -0.39 is 0 Å². The highest BCUT2D eigenvalue weighted by Gasteiger charge is 2.02. The molecule has 1 aromatic heterocycles. The first kappa shape index (κ1) is 13.3. The van der Waals surface area contributed by atoms with E-state index in [0.717, 1.165) is 12.0 Å². The monoisotopic (exact) mass is 258 g/mol. The summed E-state index contributed by atoms with van der Waals surface area (Å²) < 4.78 is 1.60. The minimum Gasteiger partial charge on any atom is -0.350 e. The molecule has 2 aromatic rings. The third-order valence-electron chi connectivity index (χ3n) is 2.81. The average Bonchev–Trinajstić information content (AvgIpc) is 2.91. The quantitative estimate of drug-likeness (QED) is 0.801. The fraction of sp³-hybridized carbons (Fsp3) is 0.286. The molecule has 1 amide bonds. The first-order chi connectivity index (χ1) is 9.28. The zero-order valence-corrected chi connectivity index (χ0v) is 10.7. The SMILES string of the molecule is NCCc1ccc(CNC(=O)Cn2cccn2)cc1. The summed E-state index contributed by atoms with van der Waals surface area (Å²) >= 11 is 0. The summed E-state index contributed by atoms with van der Waals surface area (Å²) in [6.45, 7) is 1.43. The van der Waals surface area contributed by atoms with Crippen molar-refractivity contribution < 1.29 is 4.79 Å². The Labute approximate surface area is 112 Å². The summed E-state index contributed by atoms with van der Waals surface area (Å²) in [6, 6.07) is 9.91. The van der Waals surface area contributed by atoms with Crippen molar-refractivity contribution in [1.82, 2.24) is 15.1 Å². The van der Waals surface area contributed by atoms with Gasteiger partial charge in [-0.25, -0.2) is 0 Å². The van der Waals surface area contributed by atoms with Crippen LogP contribution in [0.3, 0.4) is 0 Å². The third kappa shape index (κ3) is 4.22. The van der Waals surface area contributed by atoms with Crippen molar-refractivity contribution in [3.8, 4) is 0 Å². The van der Waals surface area contributed by atoms with E-state index in [9.17, 15) is 4.79 Å². The van der Waals surface area contributed by atoms with E-state index in [-0.39, 0.29) is 12.5 Å². The van der Waals surface area contributed by atoms with Crippen LogP contribution in [0.1, 0.15) is 11.1 Å². The molecule has 0 saturated heterocycles. The summed E-state index contributed by atoms with van der Waals surface area (Å²) in [7, 11) is 0. The van der Waals surface area contributed by atoms with Gasteiger partial charge in [0, 0.05) is 18.9 Å². The number of nitrogens with two attached hydrogens (primary N) is 1. The van der Waals surface area contributed by atoms with Crippen molar-refractivity contribution in [3.63, 3.8) is 0 Å². The van der Waals surface area contributed by atoms with E-state index in [1.165, 1.54) is 5.56 Å². The summed E-state index contributed by atoms with van der Waals surface area (Å²) in [6.07, 6.45) is 4.30. The number of hydrogen-bond donors (Lipinski definition) is 2. The lowest BCUT2D eigenvalue weighted by molar-refractivity contribution is -0.122. The first-order valence-electron chi connectivity index (χ1n) is 6.30. The van der Waals surface area contributed by atoms with Gasteiger partial charge in [-0.2, -0.15) is 5.10 Å². The summed E-state index contributed by atoms with van der Waals surface area (Å²) in [5.41, 5.74) is 7.79. The molecule has 1 heterocycles. The first-order valence-corrected chi connectivity index (χ1v) is 6.30. The number of amides is 1. The van der Waals surface area contributed by atoms with Gasteiger partial charge in [0.1, 0.15) is 6.54 Å². The molecule has 0 aliphatic heterocycles. The molecule has 0 radical (unpaired) electrons. The largest absolute Gasteiger partial charge is 0.350 e. The number of nitrogens with zero attached hydrogens (tertiary/aromatic N) is 2. The number of hydrogen-bond acceptors (Lipinski definition) is 3. The molecule has 100 valence electrons. The number of nitrogens with one attached hydrogen (secondary N) is 1. The summed E-state index contributed by atoms with van der Waals surface area (Å²) in [5.74, 6) is -0.0465. The summed E-state index contributed by atoms with van der Waals surface area (Å²) in [5, 5.41) is 6.85. The average molecular weight is 258 g/mol. The molecule has 2 rings (SSSR count). The molecule has 1 aromatic carbocycles. The Morgan fingerprint density at radius 1 is 1.26 bits per heavy atom. The predicted octanol–water partition coefficient (Wildman–Crippen LogP) is 0.701. The van der Waals surface area contributed by atoms with Crippen molar-refractivity contribution in [3.05, 3.63) is 53.9 Å². The van der Waals surface area contributed by atoms with Crippen molar-refractivity contribution in [1.29, 1.82) is 0 Å². The maximum absolute atomic E-state index is 11.7. The van der Waals surface area contributed by atoms with Crippen LogP contribution in [0.2, 0.25) is 0 Å². The second-order valence-corrected chi connectivity index (χ2v) is 4.34. The zero-order chi connectivity index (χ0) is 13.5. The topological polar surface area (TPSA) is 72.9 Å². The van der Waals surface area contributed by atoms with E-state index in [4.69, 9.17) is 5.73 Å². The molecule has 5 heteroatoms. The van der Waals surface area contributed by atoms with Gasteiger partial charge >= 0.3 is 0 Å². The summed E-state index contributed by atoms with van der Waals surface area (Å²) in [4.78, 5) is 11.7. The van der Waals surface area contributed by atoms with Gasteiger partial charge < -0.3 is 11.1 Å². The Bertz CT molecular complexity index is 505. The van der Waals surface area contributed by atoms with Crippen LogP contribution in [-0.4, -0.2) is 22.2 Å². The molecule has 19 heavy (non-hydrogen) atoms. The number of carbonyl (C=O) groups is 1. The van der Waals surface area contributed by atoms with Gasteiger partial charge in [0.2, 0.25) is 5.91 Å². The van der Waals surface area contributed by atoms with Gasteiger partial charge in [-0.15, -0.1) is 0 Å². The van der Waals surface area contributed by atoms with Gasteiger partial charge in [0.05, 0.1) is 0 Å². The molecule has 0 bridgehead atoms. The van der Waals surface area contributed by atoms with E-state index in [2.05, 4.69) is 10.4 Å². The molecule has 0 saturated carbocycles. The van der Waals surface area contributed by atoms with Crippen LogP contribution in [0, 0.1) is 0 Å². The van der Waals surface area contributed by atoms with E-state index in [0.29, 0.717) is 13.1 Å². The molecule has 0 fully saturated rings. The van der Waals surface area contributed by atoms with Gasteiger partial charge in [0.15, 0.2) is 0 Å². The highest BCUT2D eigenvalue weighted by Crippen LogP contribution is 2.04. The van der Waals surface area contributed by atoms with Gasteiger partial charge in [-0.3, -0.25) is 9.48 Å². The van der Waals surface area contributed by atoms with Gasteiger partial charge in [-0.1, -0.05) is 24.3 Å². The Kier molecular flexibility index (Phi) is 4.69. The van der Waals surface area contributed by atoms with Crippen LogP contribution >= 0.6 is 0 Å². The zero-order valence-electron chi connectivity index (χ0n) is 10.7. The standard InChI is InChI=1S/C14H18N4O/c15-7-6-12-2-4-13(5-3-12)10-16-14(19)11-18-9-1-8-17-18/h1-5,8-9H,6-7,10-11,15H2,(H,16,19). The molecule has 0 atom stereocenters. The molecule has 0 aliphatic carbocycles. The molecular weight excluding hydrogens is 240 g/mol. The molecule has 3 N–H and O–H groups in total. The molecular formula is C14H18N4O. The van der Waals surface area contributed by atoms with Crippen LogP contribution in [-0.2, 0) is 24.3 Å². The lowest BCUT2D eigenvalue weighted by atomic mass is 10.1. The van der Waals surface area contributed by atoms with Crippen molar-refractivity contribution >= 4 is 5.91 Å². The lowest BCUT2D eigenvalue weighted by Gasteiger charge is -2.06. The highest BCUT2D eigenvalue weighted by molar-refractivity contribution is 5.75. The normalized spacial score (nSPS) is 10.4.